The lowest BCUT2D eigenvalue weighted by atomic mass is 10.3. The summed E-state index contributed by atoms with van der Waals surface area (Å²) in [5.74, 6) is -1.94. The molecule has 0 radical (unpaired) electrons. The summed E-state index contributed by atoms with van der Waals surface area (Å²) in [6, 6.07) is 6.04. The highest BCUT2D eigenvalue weighted by molar-refractivity contribution is 9.10. The normalized spacial score (nSPS) is 10.7. The lowest BCUT2D eigenvalue weighted by Crippen LogP contribution is -2.19. The topological polar surface area (TPSA) is 140 Å². The van der Waals surface area contributed by atoms with Crippen LogP contribution in [0, 0.1) is 11.6 Å². The minimum absolute atomic E-state index is 0. The van der Waals surface area contributed by atoms with Gasteiger partial charge in [-0.2, -0.15) is 0 Å². The molecule has 5 N–H and O–H groups in total. The van der Waals surface area contributed by atoms with E-state index in [1.807, 2.05) is 27.7 Å². The van der Waals surface area contributed by atoms with Gasteiger partial charge in [-0.15, -0.1) is 0 Å². The van der Waals surface area contributed by atoms with Gasteiger partial charge in [0, 0.05) is 21.0 Å². The molecule has 0 saturated carbocycles. The van der Waals surface area contributed by atoms with Crippen LogP contribution < -0.4 is 11.9 Å². The molecule has 2 heterocycles. The molecule has 0 aliphatic rings. The smallest absolute Gasteiger partial charge is 0.374 e. The Morgan fingerprint density at radius 1 is 0.895 bits per heavy atom. The number of benzene rings is 2. The van der Waals surface area contributed by atoms with E-state index in [0.29, 0.717) is 20.0 Å². The fourth-order valence-electron chi connectivity index (χ4n) is 3.80. The van der Waals surface area contributed by atoms with Crippen molar-refractivity contribution < 1.29 is 23.1 Å². The van der Waals surface area contributed by atoms with Gasteiger partial charge in [0.2, 0.25) is 5.82 Å². The van der Waals surface area contributed by atoms with E-state index in [1.54, 1.807) is 28.2 Å². The van der Waals surface area contributed by atoms with Crippen molar-refractivity contribution in [3.63, 3.8) is 0 Å². The molecule has 13 heteroatoms. The number of halogens is 4. The molecule has 2 aromatic heterocycles. The predicted molar refractivity (Wildman–Crippen MR) is 152 cm³/mol. The molecule has 0 fully saturated rings. The molecule has 1 amide bonds. The first-order valence-electron chi connectivity index (χ1n) is 11.1. The molecule has 0 spiro atoms. The van der Waals surface area contributed by atoms with Gasteiger partial charge in [0.25, 0.3) is 5.91 Å². The molecular weight excluding hydrogens is 630 g/mol. The first kappa shape index (κ1) is 33.1. The number of hydrogen-bond acceptors (Lipinski definition) is 6. The summed E-state index contributed by atoms with van der Waals surface area (Å²) >= 11 is 6.46. The molecule has 0 bridgehead atoms. The van der Waals surface area contributed by atoms with Crippen molar-refractivity contribution in [2.75, 3.05) is 6.61 Å². The first-order valence-corrected chi connectivity index (χ1v) is 12.7. The van der Waals surface area contributed by atoms with Crippen molar-refractivity contribution in [2.24, 2.45) is 5.73 Å². The molecular formula is C25H32Br2F2N6O3. The van der Waals surface area contributed by atoms with Crippen LogP contribution in [0.1, 0.15) is 75.4 Å². The van der Waals surface area contributed by atoms with E-state index in [-0.39, 0.29) is 54.9 Å². The van der Waals surface area contributed by atoms with Crippen LogP contribution >= 0.6 is 31.9 Å². The van der Waals surface area contributed by atoms with E-state index in [9.17, 15) is 18.4 Å². The summed E-state index contributed by atoms with van der Waals surface area (Å²) in [4.78, 5) is 31.2. The number of rotatable bonds is 5. The highest BCUT2D eigenvalue weighted by Gasteiger charge is 2.23. The second-order valence-corrected chi connectivity index (χ2v) is 10.2. The molecule has 0 aliphatic carbocycles. The number of carbonyl (C=O) groups excluding carboxylic acids is 2. The van der Waals surface area contributed by atoms with E-state index in [2.05, 4.69) is 41.8 Å². The van der Waals surface area contributed by atoms with Crippen LogP contribution in [-0.2, 0) is 4.74 Å². The molecule has 38 heavy (non-hydrogen) atoms. The molecule has 4 rings (SSSR count). The van der Waals surface area contributed by atoms with Crippen LogP contribution in [-0.4, -0.2) is 37.6 Å². The van der Waals surface area contributed by atoms with Crippen LogP contribution in [0.25, 0.3) is 22.1 Å². The number of nitrogens with two attached hydrogens (primary N) is 1. The third-order valence-corrected chi connectivity index (χ3v) is 6.05. The van der Waals surface area contributed by atoms with Crippen molar-refractivity contribution in [2.45, 2.75) is 54.1 Å². The van der Waals surface area contributed by atoms with Crippen LogP contribution in [0.2, 0.25) is 0 Å². The average Bonchev–Trinajstić information content (AvgIpc) is 3.34. The Kier molecular flexibility index (Phi) is 11.6. The Balaban J connectivity index is 0.000000363. The summed E-state index contributed by atoms with van der Waals surface area (Å²) in [6.45, 7) is 9.55. The largest absolute Gasteiger partial charge is 0.460 e. The molecule has 4 aromatic rings. The van der Waals surface area contributed by atoms with Gasteiger partial charge in [-0.05, 0) is 58.9 Å². The van der Waals surface area contributed by atoms with Gasteiger partial charge in [-0.1, -0.05) is 39.3 Å². The zero-order valence-electron chi connectivity index (χ0n) is 21.0. The van der Waals surface area contributed by atoms with E-state index < -0.39 is 23.5 Å². The molecule has 2 aromatic carbocycles. The Morgan fingerprint density at radius 3 is 1.66 bits per heavy atom. The summed E-state index contributed by atoms with van der Waals surface area (Å²) in [7, 11) is 0. The monoisotopic (exact) mass is 660 g/mol. The fourth-order valence-corrected chi connectivity index (χ4v) is 4.64. The van der Waals surface area contributed by atoms with Crippen LogP contribution in [0.4, 0.5) is 8.78 Å². The number of fused-ring (bicyclic) bond motifs is 2. The van der Waals surface area contributed by atoms with Gasteiger partial charge in [0.15, 0.2) is 17.5 Å². The Hall–Kier alpha value is -2.90. The summed E-state index contributed by atoms with van der Waals surface area (Å²) in [6.07, 6.45) is 0. The quantitative estimate of drug-likeness (QED) is 0.218. The van der Waals surface area contributed by atoms with Gasteiger partial charge in [-0.25, -0.2) is 23.5 Å². The van der Waals surface area contributed by atoms with Gasteiger partial charge >= 0.3 is 5.97 Å². The molecule has 0 aliphatic heterocycles. The Labute approximate surface area is 236 Å². The van der Waals surface area contributed by atoms with Gasteiger partial charge in [0.05, 0.1) is 17.6 Å². The van der Waals surface area contributed by atoms with E-state index in [4.69, 9.17) is 10.5 Å². The number of carbonyl (C=O) groups is 2. The molecule has 0 unspecified atom stereocenters. The SMILES string of the molecule is C.CC(C)n1c(C(N)=O)nc2c(F)cc(Br)cc21.CCOC(=O)c1nc2c(F)cc(Br)cc2n1C(C)C.N. The van der Waals surface area contributed by atoms with Crippen molar-refractivity contribution in [1.29, 1.82) is 0 Å². The first-order chi connectivity index (χ1) is 16.9. The number of amides is 1. The molecule has 0 saturated heterocycles. The predicted octanol–water partition coefficient (Wildman–Crippen LogP) is 7.11. The van der Waals surface area contributed by atoms with Crippen LogP contribution in [0.15, 0.2) is 33.2 Å². The van der Waals surface area contributed by atoms with Crippen LogP contribution in [0.5, 0.6) is 0 Å². The number of hydrogen-bond donors (Lipinski definition) is 2. The molecule has 0 atom stereocenters. The highest BCUT2D eigenvalue weighted by atomic mass is 79.9. The maximum Gasteiger partial charge on any atom is 0.374 e. The lowest BCUT2D eigenvalue weighted by Gasteiger charge is -2.12. The maximum absolute atomic E-state index is 13.9. The molecule has 9 nitrogen and oxygen atoms in total. The number of esters is 1. The van der Waals surface area contributed by atoms with E-state index >= 15 is 0 Å². The highest BCUT2D eigenvalue weighted by Crippen LogP contribution is 2.28. The maximum atomic E-state index is 13.9. The summed E-state index contributed by atoms with van der Waals surface area (Å²) < 4.78 is 37.1. The minimum atomic E-state index is -0.662. The van der Waals surface area contributed by atoms with Gasteiger partial charge in [-0.3, -0.25) is 4.79 Å². The number of primary amides is 1. The van der Waals surface area contributed by atoms with Crippen molar-refractivity contribution in [3.8, 4) is 0 Å². The summed E-state index contributed by atoms with van der Waals surface area (Å²) in [5.41, 5.74) is 6.72. The number of ether oxygens (including phenoxy) is 1. The van der Waals surface area contributed by atoms with Gasteiger partial charge in [0.1, 0.15) is 11.0 Å². The number of nitrogens with zero attached hydrogens (tertiary/aromatic N) is 4. The third-order valence-electron chi connectivity index (χ3n) is 5.14. The van der Waals surface area contributed by atoms with Gasteiger partial charge < -0.3 is 25.8 Å². The van der Waals surface area contributed by atoms with Crippen molar-refractivity contribution in [1.82, 2.24) is 25.3 Å². The third kappa shape index (κ3) is 6.56. The molecule has 208 valence electrons. The second kappa shape index (κ2) is 13.3. The number of imidazole rings is 2. The van der Waals surface area contributed by atoms with Crippen molar-refractivity contribution in [3.05, 3.63) is 56.5 Å². The van der Waals surface area contributed by atoms with E-state index in [0.717, 1.165) is 0 Å². The summed E-state index contributed by atoms with van der Waals surface area (Å²) in [5, 5.41) is 0. The zero-order valence-corrected chi connectivity index (χ0v) is 24.2. The van der Waals surface area contributed by atoms with Crippen LogP contribution in [0.3, 0.4) is 0 Å². The fraction of sp³-hybridized carbons (Fsp3) is 0.360. The Morgan fingerprint density at radius 2 is 1.29 bits per heavy atom. The van der Waals surface area contributed by atoms with Crippen molar-refractivity contribution >= 4 is 65.8 Å². The minimum Gasteiger partial charge on any atom is -0.460 e. The Bertz CT molecular complexity index is 1470. The zero-order chi connectivity index (χ0) is 26.9. The lowest BCUT2D eigenvalue weighted by molar-refractivity contribution is 0.0505. The number of aromatic nitrogens is 4. The standard InChI is InChI=1S/C13H14BrFN2O2.C11H11BrFN3O.CH4.H3N/c1-4-19-13(18)12-16-11-9(15)5-8(14)6-10(11)17(12)7(2)3;1-5(2)16-8-4-6(12)3-7(13)9(8)15-11(16)10(14)17;;/h5-7H,4H2,1-3H3;3-5H,1-2H3,(H2,14,17);1H4;1H3. The van der Waals surface area contributed by atoms with E-state index in [1.165, 1.54) is 12.1 Å². The second-order valence-electron chi connectivity index (χ2n) is 8.39. The average molecular weight is 662 g/mol.